The Morgan fingerprint density at radius 1 is 1.31 bits per heavy atom. The van der Waals surface area contributed by atoms with Crippen LogP contribution < -0.4 is 10.6 Å². The summed E-state index contributed by atoms with van der Waals surface area (Å²) in [7, 11) is 0. The van der Waals surface area contributed by atoms with E-state index >= 15 is 0 Å². The molecular weight excluding hydrogens is 198 g/mol. The quantitative estimate of drug-likeness (QED) is 0.721. The third-order valence-corrected chi connectivity index (χ3v) is 3.11. The summed E-state index contributed by atoms with van der Waals surface area (Å²) in [6, 6.07) is 4.92. The second kappa shape index (κ2) is 5.85. The lowest BCUT2D eigenvalue weighted by atomic mass is 9.93. The first-order valence-corrected chi connectivity index (χ1v) is 6.24. The van der Waals surface area contributed by atoms with Gasteiger partial charge < -0.3 is 10.6 Å². The average molecular weight is 219 g/mol. The maximum atomic E-state index is 4.31. The van der Waals surface area contributed by atoms with Gasteiger partial charge in [0, 0.05) is 18.8 Å². The van der Waals surface area contributed by atoms with Crippen LogP contribution in [0, 0.1) is 6.92 Å². The van der Waals surface area contributed by atoms with Gasteiger partial charge in [-0.05, 0) is 44.4 Å². The summed E-state index contributed by atoms with van der Waals surface area (Å²) in [5.41, 5.74) is 1.21. The molecule has 3 heteroatoms. The number of hydrogen-bond acceptors (Lipinski definition) is 3. The number of pyridine rings is 1. The summed E-state index contributed by atoms with van der Waals surface area (Å²) in [6.45, 7) is 4.17. The molecule has 1 saturated carbocycles. The van der Waals surface area contributed by atoms with Gasteiger partial charge in [-0.25, -0.2) is 4.98 Å². The van der Waals surface area contributed by atoms with E-state index in [0.29, 0.717) is 0 Å². The van der Waals surface area contributed by atoms with Crippen molar-refractivity contribution >= 4 is 5.82 Å². The van der Waals surface area contributed by atoms with Gasteiger partial charge in [0.15, 0.2) is 0 Å². The smallest absolute Gasteiger partial charge is 0.125 e. The van der Waals surface area contributed by atoms with Crippen LogP contribution in [0.25, 0.3) is 0 Å². The molecule has 0 saturated heterocycles. The average Bonchev–Trinajstić information content (AvgIpc) is 2.23. The van der Waals surface area contributed by atoms with Gasteiger partial charge in [-0.1, -0.05) is 12.5 Å². The predicted molar refractivity (Wildman–Crippen MR) is 67.7 cm³/mol. The van der Waals surface area contributed by atoms with E-state index in [1.165, 1.54) is 24.8 Å². The molecule has 2 rings (SSSR count). The SMILES string of the molecule is Cc1ccc(NCCCNC2CCC2)nc1. The number of aromatic nitrogens is 1. The van der Waals surface area contributed by atoms with E-state index in [1.807, 2.05) is 12.3 Å². The highest BCUT2D eigenvalue weighted by Gasteiger charge is 2.15. The third-order valence-electron chi connectivity index (χ3n) is 3.11. The van der Waals surface area contributed by atoms with Crippen LogP contribution in [0.15, 0.2) is 18.3 Å². The number of hydrogen-bond donors (Lipinski definition) is 2. The lowest BCUT2D eigenvalue weighted by molar-refractivity contribution is 0.340. The summed E-state index contributed by atoms with van der Waals surface area (Å²) in [4.78, 5) is 4.31. The molecule has 88 valence electrons. The van der Waals surface area contributed by atoms with Crippen LogP contribution in [0.2, 0.25) is 0 Å². The highest BCUT2D eigenvalue weighted by Crippen LogP contribution is 2.17. The van der Waals surface area contributed by atoms with E-state index in [-0.39, 0.29) is 0 Å². The number of aryl methyl sites for hydroxylation is 1. The summed E-state index contributed by atoms with van der Waals surface area (Å²) in [5.74, 6) is 0.981. The Labute approximate surface area is 97.7 Å². The zero-order valence-corrected chi connectivity index (χ0v) is 10.00. The maximum absolute atomic E-state index is 4.31. The fraction of sp³-hybridized carbons (Fsp3) is 0.615. The molecule has 1 aromatic rings. The normalized spacial score (nSPS) is 15.8. The Morgan fingerprint density at radius 3 is 2.81 bits per heavy atom. The minimum absolute atomic E-state index is 0.803. The second-order valence-corrected chi connectivity index (χ2v) is 4.58. The molecule has 0 radical (unpaired) electrons. The first-order valence-electron chi connectivity index (χ1n) is 6.24. The van der Waals surface area contributed by atoms with Gasteiger partial charge in [0.25, 0.3) is 0 Å². The van der Waals surface area contributed by atoms with Crippen molar-refractivity contribution in [2.45, 2.75) is 38.6 Å². The lowest BCUT2D eigenvalue weighted by Gasteiger charge is -2.26. The zero-order valence-electron chi connectivity index (χ0n) is 10.00. The number of anilines is 1. The predicted octanol–water partition coefficient (Wildman–Crippen LogP) is 2.33. The van der Waals surface area contributed by atoms with E-state index in [1.54, 1.807) is 0 Å². The lowest BCUT2D eigenvalue weighted by Crippen LogP contribution is -2.36. The van der Waals surface area contributed by atoms with Crippen LogP contribution in [0.3, 0.4) is 0 Å². The molecule has 0 atom stereocenters. The molecule has 1 heterocycles. The molecule has 1 aliphatic rings. The Balaban J connectivity index is 1.55. The molecule has 0 aromatic carbocycles. The third kappa shape index (κ3) is 3.49. The molecule has 0 spiro atoms. The Bertz CT molecular complexity index is 303. The van der Waals surface area contributed by atoms with Gasteiger partial charge in [-0.2, -0.15) is 0 Å². The van der Waals surface area contributed by atoms with Gasteiger partial charge in [0.1, 0.15) is 5.82 Å². The topological polar surface area (TPSA) is 37.0 Å². The van der Waals surface area contributed by atoms with Crippen LogP contribution in [0.4, 0.5) is 5.82 Å². The Kier molecular flexibility index (Phi) is 4.17. The highest BCUT2D eigenvalue weighted by molar-refractivity contribution is 5.34. The van der Waals surface area contributed by atoms with Crippen LogP contribution >= 0.6 is 0 Å². The molecule has 2 N–H and O–H groups in total. The van der Waals surface area contributed by atoms with E-state index in [4.69, 9.17) is 0 Å². The summed E-state index contributed by atoms with van der Waals surface area (Å²) >= 11 is 0. The Morgan fingerprint density at radius 2 is 2.19 bits per heavy atom. The first-order chi connectivity index (χ1) is 7.84. The van der Waals surface area contributed by atoms with Crippen LogP contribution in [-0.2, 0) is 0 Å². The van der Waals surface area contributed by atoms with Crippen molar-refractivity contribution in [2.24, 2.45) is 0 Å². The second-order valence-electron chi connectivity index (χ2n) is 4.58. The number of nitrogens with one attached hydrogen (secondary N) is 2. The molecule has 0 amide bonds. The van der Waals surface area contributed by atoms with Gasteiger partial charge in [-0.15, -0.1) is 0 Å². The van der Waals surface area contributed by atoms with E-state index in [0.717, 1.165) is 31.4 Å². The van der Waals surface area contributed by atoms with Crippen LogP contribution in [-0.4, -0.2) is 24.1 Å². The fourth-order valence-corrected chi connectivity index (χ4v) is 1.80. The molecular formula is C13H21N3. The van der Waals surface area contributed by atoms with Crippen LogP contribution in [0.1, 0.15) is 31.2 Å². The van der Waals surface area contributed by atoms with Crippen molar-refractivity contribution in [3.63, 3.8) is 0 Å². The van der Waals surface area contributed by atoms with Crippen molar-refractivity contribution in [2.75, 3.05) is 18.4 Å². The monoisotopic (exact) mass is 219 g/mol. The first kappa shape index (κ1) is 11.4. The molecule has 0 aliphatic heterocycles. The minimum Gasteiger partial charge on any atom is -0.370 e. The van der Waals surface area contributed by atoms with Crippen molar-refractivity contribution in [3.05, 3.63) is 23.9 Å². The fourth-order valence-electron chi connectivity index (χ4n) is 1.80. The minimum atomic E-state index is 0.803. The molecule has 1 aromatic heterocycles. The molecule has 1 fully saturated rings. The van der Waals surface area contributed by atoms with Crippen molar-refractivity contribution < 1.29 is 0 Å². The zero-order chi connectivity index (χ0) is 11.2. The van der Waals surface area contributed by atoms with E-state index < -0.39 is 0 Å². The molecule has 3 nitrogen and oxygen atoms in total. The maximum Gasteiger partial charge on any atom is 0.125 e. The number of nitrogens with zero attached hydrogens (tertiary/aromatic N) is 1. The standard InChI is InChI=1S/C13H21N3/c1-11-6-7-13(16-10-11)15-9-3-8-14-12-4-2-5-12/h6-7,10,12,14H,2-5,8-9H2,1H3,(H,15,16). The number of rotatable bonds is 6. The van der Waals surface area contributed by atoms with Crippen molar-refractivity contribution in [3.8, 4) is 0 Å². The van der Waals surface area contributed by atoms with Gasteiger partial charge >= 0.3 is 0 Å². The largest absolute Gasteiger partial charge is 0.370 e. The van der Waals surface area contributed by atoms with E-state index in [9.17, 15) is 0 Å². The molecule has 0 unspecified atom stereocenters. The van der Waals surface area contributed by atoms with Gasteiger partial charge in [-0.3, -0.25) is 0 Å². The van der Waals surface area contributed by atoms with Gasteiger partial charge in [0.2, 0.25) is 0 Å². The molecule has 1 aliphatic carbocycles. The summed E-state index contributed by atoms with van der Waals surface area (Å²) in [5, 5.41) is 6.88. The van der Waals surface area contributed by atoms with Gasteiger partial charge in [0.05, 0.1) is 0 Å². The van der Waals surface area contributed by atoms with E-state index in [2.05, 4.69) is 28.6 Å². The van der Waals surface area contributed by atoms with Crippen LogP contribution in [0.5, 0.6) is 0 Å². The highest BCUT2D eigenvalue weighted by atomic mass is 15.0. The van der Waals surface area contributed by atoms with Crippen molar-refractivity contribution in [1.29, 1.82) is 0 Å². The summed E-state index contributed by atoms with van der Waals surface area (Å²) < 4.78 is 0. The Hall–Kier alpha value is -1.09. The molecule has 0 bridgehead atoms. The molecule has 16 heavy (non-hydrogen) atoms. The van der Waals surface area contributed by atoms with Crippen molar-refractivity contribution in [1.82, 2.24) is 10.3 Å². The summed E-state index contributed by atoms with van der Waals surface area (Å²) in [6.07, 6.45) is 7.20.